The first-order valence-corrected chi connectivity index (χ1v) is 9.98. The van der Waals surface area contributed by atoms with Crippen LogP contribution in [0.3, 0.4) is 0 Å². The zero-order valence-electron chi connectivity index (χ0n) is 13.3. The van der Waals surface area contributed by atoms with Crippen LogP contribution in [-0.2, 0) is 16.4 Å². The molecule has 1 aromatic rings. The van der Waals surface area contributed by atoms with Crippen molar-refractivity contribution in [3.05, 3.63) is 23.8 Å². The number of anilines is 1. The summed E-state index contributed by atoms with van der Waals surface area (Å²) in [7, 11) is -3.51. The minimum absolute atomic E-state index is 0.0536. The van der Waals surface area contributed by atoms with Crippen molar-refractivity contribution >= 4 is 27.5 Å². The number of nitrogens with two attached hydrogens (primary N) is 1. The van der Waals surface area contributed by atoms with Gasteiger partial charge < -0.3 is 5.73 Å². The first-order chi connectivity index (χ1) is 9.84. The zero-order valence-corrected chi connectivity index (χ0v) is 14.9. The maximum atomic E-state index is 12.4. The van der Waals surface area contributed by atoms with Crippen molar-refractivity contribution in [3.8, 4) is 0 Å². The second-order valence-corrected chi connectivity index (χ2v) is 8.17. The molecule has 0 aliphatic rings. The first kappa shape index (κ1) is 18.3. The van der Waals surface area contributed by atoms with Crippen LogP contribution in [0.5, 0.6) is 0 Å². The highest BCUT2D eigenvalue weighted by Gasteiger charge is 2.27. The summed E-state index contributed by atoms with van der Waals surface area (Å²) < 4.78 is 27.5. The van der Waals surface area contributed by atoms with E-state index < -0.39 is 10.0 Å². The van der Waals surface area contributed by atoms with E-state index in [-0.39, 0.29) is 9.64 Å². The van der Waals surface area contributed by atoms with Crippen molar-refractivity contribution < 1.29 is 8.42 Å². The molecule has 0 aliphatic heterocycles. The Morgan fingerprint density at radius 3 is 2.29 bits per heavy atom. The fraction of sp³-hybridized carbons (Fsp3) is 0.600. The van der Waals surface area contributed by atoms with Gasteiger partial charge in [-0.25, -0.2) is 13.1 Å². The average Bonchev–Trinajstić information content (AvgIpc) is 2.49. The van der Waals surface area contributed by atoms with Crippen LogP contribution in [0.2, 0.25) is 0 Å². The van der Waals surface area contributed by atoms with E-state index in [1.54, 1.807) is 30.0 Å². The molecule has 3 N–H and O–H groups in total. The third-order valence-electron chi connectivity index (χ3n) is 4.11. The highest BCUT2D eigenvalue weighted by Crippen LogP contribution is 2.30. The summed E-state index contributed by atoms with van der Waals surface area (Å²) in [5, 5.41) is 0. The van der Waals surface area contributed by atoms with Gasteiger partial charge in [0.05, 0.1) is 4.90 Å². The van der Waals surface area contributed by atoms with Gasteiger partial charge in [0.25, 0.3) is 0 Å². The number of nitrogens with one attached hydrogen (secondary N) is 1. The molecule has 0 saturated carbocycles. The lowest BCUT2D eigenvalue weighted by Gasteiger charge is -2.29. The summed E-state index contributed by atoms with van der Waals surface area (Å²) >= 11 is 1.71. The molecule has 1 rings (SSSR count). The lowest BCUT2D eigenvalue weighted by molar-refractivity contribution is 0.522. The molecule has 0 fully saturated rings. The minimum Gasteiger partial charge on any atom is -0.398 e. The quantitative estimate of drug-likeness (QED) is 0.719. The van der Waals surface area contributed by atoms with Gasteiger partial charge in [0, 0.05) is 17.0 Å². The summed E-state index contributed by atoms with van der Waals surface area (Å²) in [4.78, 5) is 0.236. The van der Waals surface area contributed by atoms with Gasteiger partial charge in [0.1, 0.15) is 0 Å². The van der Waals surface area contributed by atoms with Gasteiger partial charge in [-0.15, -0.1) is 0 Å². The lowest BCUT2D eigenvalue weighted by Crippen LogP contribution is -2.39. The van der Waals surface area contributed by atoms with E-state index in [0.717, 1.165) is 24.8 Å². The molecule has 0 bridgehead atoms. The van der Waals surface area contributed by atoms with Crippen molar-refractivity contribution in [2.75, 3.05) is 18.5 Å². The van der Waals surface area contributed by atoms with Crippen LogP contribution >= 0.6 is 11.8 Å². The molecule has 0 amide bonds. The summed E-state index contributed by atoms with van der Waals surface area (Å²) in [6.07, 6.45) is 4.66. The molecule has 0 aliphatic carbocycles. The maximum Gasteiger partial charge on any atom is 0.240 e. The molecular weight excluding hydrogens is 304 g/mol. The van der Waals surface area contributed by atoms with E-state index in [1.807, 2.05) is 13.2 Å². The second kappa shape index (κ2) is 7.51. The number of benzene rings is 1. The van der Waals surface area contributed by atoms with Crippen LogP contribution in [-0.4, -0.2) is 26.0 Å². The van der Waals surface area contributed by atoms with E-state index in [1.165, 1.54) is 0 Å². The van der Waals surface area contributed by atoms with Gasteiger partial charge >= 0.3 is 0 Å². The number of hydrogen-bond acceptors (Lipinski definition) is 4. The summed E-state index contributed by atoms with van der Waals surface area (Å²) in [5.41, 5.74) is 7.39. The number of aryl methyl sites for hydroxylation is 1. The molecule has 0 unspecified atom stereocenters. The standard InChI is InChI=1S/C15H26N2O2S2/c1-5-12-8-9-13(10-14(12)16)21(18,19)17-11-15(6-2,7-3)20-4/h8-10,17H,5-7,11,16H2,1-4H3. The molecule has 21 heavy (non-hydrogen) atoms. The maximum absolute atomic E-state index is 12.4. The Balaban J connectivity index is 2.94. The van der Waals surface area contributed by atoms with Crippen LogP contribution < -0.4 is 10.5 Å². The van der Waals surface area contributed by atoms with Gasteiger partial charge in [0.15, 0.2) is 0 Å². The van der Waals surface area contributed by atoms with E-state index in [4.69, 9.17) is 5.73 Å². The van der Waals surface area contributed by atoms with Crippen molar-refractivity contribution in [2.24, 2.45) is 0 Å². The number of rotatable bonds is 8. The second-order valence-electron chi connectivity index (χ2n) is 5.13. The highest BCUT2D eigenvalue weighted by atomic mass is 32.2. The number of thioether (sulfide) groups is 1. The van der Waals surface area contributed by atoms with Crippen molar-refractivity contribution in [2.45, 2.75) is 49.7 Å². The molecule has 0 spiro atoms. The van der Waals surface area contributed by atoms with Crippen LogP contribution in [0.15, 0.2) is 23.1 Å². The molecule has 0 radical (unpaired) electrons. The molecule has 0 atom stereocenters. The van der Waals surface area contributed by atoms with Crippen molar-refractivity contribution in [1.82, 2.24) is 4.72 Å². The fourth-order valence-electron chi connectivity index (χ4n) is 2.23. The Bertz CT molecular complexity index is 559. The minimum atomic E-state index is -3.51. The summed E-state index contributed by atoms with van der Waals surface area (Å²) in [5.74, 6) is 0. The molecule has 0 heterocycles. The fourth-order valence-corrected chi connectivity index (χ4v) is 4.28. The summed E-state index contributed by atoms with van der Waals surface area (Å²) in [6.45, 7) is 6.59. The zero-order chi connectivity index (χ0) is 16.1. The average molecular weight is 331 g/mol. The van der Waals surface area contributed by atoms with Gasteiger partial charge in [0.2, 0.25) is 10.0 Å². The predicted octanol–water partition coefficient (Wildman–Crippen LogP) is 3.03. The van der Waals surface area contributed by atoms with Crippen molar-refractivity contribution in [1.29, 1.82) is 0 Å². The normalized spacial score (nSPS) is 12.6. The molecule has 0 saturated heterocycles. The number of nitrogen functional groups attached to an aromatic ring is 1. The molecule has 4 nitrogen and oxygen atoms in total. The Labute approximate surface area is 132 Å². The molecule has 1 aromatic carbocycles. The van der Waals surface area contributed by atoms with Crippen molar-refractivity contribution in [3.63, 3.8) is 0 Å². The van der Waals surface area contributed by atoms with Gasteiger partial charge in [-0.1, -0.05) is 26.8 Å². The SMILES string of the molecule is CCc1ccc(S(=O)(=O)NCC(CC)(CC)SC)cc1N. The van der Waals surface area contributed by atoms with Crippen LogP contribution in [0.25, 0.3) is 0 Å². The smallest absolute Gasteiger partial charge is 0.240 e. The third kappa shape index (κ3) is 4.37. The van der Waals surface area contributed by atoms with Gasteiger partial charge in [-0.2, -0.15) is 11.8 Å². The Morgan fingerprint density at radius 2 is 1.86 bits per heavy atom. The predicted molar refractivity (Wildman–Crippen MR) is 92.2 cm³/mol. The molecule has 0 aromatic heterocycles. The topological polar surface area (TPSA) is 72.2 Å². The number of hydrogen-bond donors (Lipinski definition) is 2. The van der Waals surface area contributed by atoms with E-state index >= 15 is 0 Å². The Hall–Kier alpha value is -0.720. The monoisotopic (exact) mass is 330 g/mol. The number of sulfonamides is 1. The molecular formula is C15H26N2O2S2. The van der Waals surface area contributed by atoms with E-state index in [0.29, 0.717) is 12.2 Å². The Morgan fingerprint density at radius 1 is 1.24 bits per heavy atom. The van der Waals surface area contributed by atoms with Crippen LogP contribution in [0.1, 0.15) is 39.2 Å². The van der Waals surface area contributed by atoms with Crippen LogP contribution in [0.4, 0.5) is 5.69 Å². The van der Waals surface area contributed by atoms with Gasteiger partial charge in [-0.05, 0) is 43.2 Å². The van der Waals surface area contributed by atoms with E-state index in [2.05, 4.69) is 18.6 Å². The Kier molecular flexibility index (Phi) is 6.56. The van der Waals surface area contributed by atoms with Crippen LogP contribution in [0, 0.1) is 0 Å². The molecule has 6 heteroatoms. The molecule has 120 valence electrons. The van der Waals surface area contributed by atoms with E-state index in [9.17, 15) is 8.42 Å². The third-order valence-corrected chi connectivity index (χ3v) is 7.10. The van der Waals surface area contributed by atoms with Gasteiger partial charge in [-0.3, -0.25) is 0 Å². The highest BCUT2D eigenvalue weighted by molar-refractivity contribution is 8.00. The summed E-state index contributed by atoms with van der Waals surface area (Å²) in [6, 6.07) is 4.95. The lowest BCUT2D eigenvalue weighted by atomic mass is 10.0. The largest absolute Gasteiger partial charge is 0.398 e. The first-order valence-electron chi connectivity index (χ1n) is 7.27.